The number of unbranched alkanes of at least 4 members (excludes halogenated alkanes) is 3. The molecule has 0 aliphatic heterocycles. The molecule has 1 aromatic carbocycles. The van der Waals surface area contributed by atoms with Crippen LogP contribution in [0.2, 0.25) is 0 Å². The van der Waals surface area contributed by atoms with Crippen LogP contribution in [-0.2, 0) is 21.2 Å². The minimum atomic E-state index is -3.53. The Kier molecular flexibility index (Phi) is 8.73. The Morgan fingerprint density at radius 2 is 1.84 bits per heavy atom. The highest BCUT2D eigenvalue weighted by molar-refractivity contribution is 7.89. The maximum atomic E-state index is 13.1. The summed E-state index contributed by atoms with van der Waals surface area (Å²) in [7, 11) is -3.53. The van der Waals surface area contributed by atoms with Gasteiger partial charge in [0.05, 0.1) is 4.90 Å². The molecule has 1 aromatic rings. The van der Waals surface area contributed by atoms with Gasteiger partial charge < -0.3 is 5.11 Å². The summed E-state index contributed by atoms with van der Waals surface area (Å²) in [6.07, 6.45) is 14.5. The second kappa shape index (κ2) is 11.3. The van der Waals surface area contributed by atoms with Gasteiger partial charge in [-0.2, -0.15) is 0 Å². The second-order valence-corrected chi connectivity index (χ2v) is 11.0. The molecule has 0 amide bonds. The minimum absolute atomic E-state index is 0.00310. The summed E-state index contributed by atoms with van der Waals surface area (Å²) >= 11 is 0. The van der Waals surface area contributed by atoms with Crippen LogP contribution in [0.3, 0.4) is 0 Å². The first-order valence-electron chi connectivity index (χ1n) is 11.9. The Morgan fingerprint density at radius 3 is 2.55 bits per heavy atom. The van der Waals surface area contributed by atoms with Gasteiger partial charge in [-0.25, -0.2) is 13.1 Å². The van der Waals surface area contributed by atoms with E-state index in [0.717, 1.165) is 38.5 Å². The van der Waals surface area contributed by atoms with Crippen LogP contribution in [0.4, 0.5) is 0 Å². The molecule has 2 fully saturated rings. The molecule has 2 aliphatic carbocycles. The van der Waals surface area contributed by atoms with E-state index in [4.69, 9.17) is 5.11 Å². The molecule has 6 heteroatoms. The van der Waals surface area contributed by atoms with Crippen molar-refractivity contribution >= 4 is 16.0 Å². The average molecular weight is 448 g/mol. The van der Waals surface area contributed by atoms with Gasteiger partial charge in [0, 0.05) is 12.5 Å². The Morgan fingerprint density at radius 1 is 1.10 bits per heavy atom. The van der Waals surface area contributed by atoms with Crippen molar-refractivity contribution in [3.63, 3.8) is 0 Å². The van der Waals surface area contributed by atoms with E-state index in [1.54, 1.807) is 12.1 Å². The van der Waals surface area contributed by atoms with E-state index in [0.29, 0.717) is 29.1 Å². The molecule has 0 aromatic heterocycles. The smallest absolute Gasteiger partial charge is 0.303 e. The van der Waals surface area contributed by atoms with Crippen LogP contribution >= 0.6 is 0 Å². The third kappa shape index (κ3) is 6.66. The summed E-state index contributed by atoms with van der Waals surface area (Å²) in [6, 6.07) is 7.38. The van der Waals surface area contributed by atoms with E-state index >= 15 is 0 Å². The first-order chi connectivity index (χ1) is 14.9. The van der Waals surface area contributed by atoms with Crippen LogP contribution in [0.1, 0.15) is 76.7 Å². The Bertz CT molecular complexity index is 847. The van der Waals surface area contributed by atoms with Gasteiger partial charge in [0.2, 0.25) is 10.0 Å². The number of aliphatic carboxylic acids is 1. The van der Waals surface area contributed by atoms with Crippen molar-refractivity contribution in [3.05, 3.63) is 42.0 Å². The Balaban J connectivity index is 1.58. The third-order valence-electron chi connectivity index (χ3n) is 7.02. The number of carboxylic acid groups (broad SMARTS) is 1. The first kappa shape index (κ1) is 24.0. The van der Waals surface area contributed by atoms with Gasteiger partial charge >= 0.3 is 5.97 Å². The summed E-state index contributed by atoms with van der Waals surface area (Å²) < 4.78 is 29.2. The lowest BCUT2D eigenvalue weighted by molar-refractivity contribution is -0.137. The fourth-order valence-corrected chi connectivity index (χ4v) is 6.69. The zero-order valence-corrected chi connectivity index (χ0v) is 19.4. The number of allylic oxidation sites excluding steroid dienone is 2. The number of aryl methyl sites for hydroxylation is 1. The highest BCUT2D eigenvalue weighted by atomic mass is 32.2. The van der Waals surface area contributed by atoms with Gasteiger partial charge in [0.1, 0.15) is 0 Å². The molecule has 2 saturated carbocycles. The lowest BCUT2D eigenvalue weighted by atomic mass is 9.83. The van der Waals surface area contributed by atoms with Crippen LogP contribution < -0.4 is 4.72 Å². The predicted octanol–water partition coefficient (Wildman–Crippen LogP) is 5.31. The van der Waals surface area contributed by atoms with E-state index in [9.17, 15) is 13.2 Å². The van der Waals surface area contributed by atoms with E-state index in [1.165, 1.54) is 24.8 Å². The predicted molar refractivity (Wildman–Crippen MR) is 123 cm³/mol. The van der Waals surface area contributed by atoms with Crippen molar-refractivity contribution in [1.29, 1.82) is 0 Å². The zero-order valence-electron chi connectivity index (χ0n) is 18.6. The van der Waals surface area contributed by atoms with Gasteiger partial charge in [-0.15, -0.1) is 0 Å². The molecule has 3 rings (SSSR count). The van der Waals surface area contributed by atoms with Crippen molar-refractivity contribution in [2.45, 2.75) is 88.5 Å². The number of sulfonamides is 1. The van der Waals surface area contributed by atoms with Crippen molar-refractivity contribution < 1.29 is 18.3 Å². The molecule has 0 saturated heterocycles. The van der Waals surface area contributed by atoms with Gasteiger partial charge in [0.15, 0.2) is 0 Å². The molecular formula is C25H37NO4S. The highest BCUT2D eigenvalue weighted by Gasteiger charge is 2.48. The summed E-state index contributed by atoms with van der Waals surface area (Å²) in [5.41, 5.74) is 1.19. The fraction of sp³-hybridized carbons (Fsp3) is 0.640. The number of rotatable bonds is 13. The molecule has 2 N–H and O–H groups in total. The fourth-order valence-electron chi connectivity index (χ4n) is 5.34. The van der Waals surface area contributed by atoms with E-state index in [1.807, 2.05) is 12.1 Å². The SMILES string of the molecule is CCCCCc1ccc(S(=O)(=O)N[C@H]2C3CC[C@H](C3)[C@@H]2C/C=C\CCCC(=O)O)cc1. The largest absolute Gasteiger partial charge is 0.481 e. The molecule has 1 unspecified atom stereocenters. The highest BCUT2D eigenvalue weighted by Crippen LogP contribution is 2.50. The third-order valence-corrected chi connectivity index (χ3v) is 8.49. The van der Waals surface area contributed by atoms with Crippen molar-refractivity contribution in [3.8, 4) is 0 Å². The summed E-state index contributed by atoms with van der Waals surface area (Å²) in [6.45, 7) is 2.18. The molecule has 2 bridgehead atoms. The molecular weight excluding hydrogens is 410 g/mol. The van der Waals surface area contributed by atoms with Crippen LogP contribution in [0.15, 0.2) is 41.3 Å². The van der Waals surface area contributed by atoms with Crippen molar-refractivity contribution in [1.82, 2.24) is 4.72 Å². The van der Waals surface area contributed by atoms with Crippen LogP contribution in [-0.4, -0.2) is 25.5 Å². The summed E-state index contributed by atoms with van der Waals surface area (Å²) in [5.74, 6) is 0.586. The van der Waals surface area contributed by atoms with Crippen LogP contribution in [0, 0.1) is 17.8 Å². The van der Waals surface area contributed by atoms with Crippen LogP contribution in [0.5, 0.6) is 0 Å². The van der Waals surface area contributed by atoms with Gasteiger partial charge in [-0.05, 0) is 86.8 Å². The molecule has 172 valence electrons. The minimum Gasteiger partial charge on any atom is -0.481 e. The van der Waals surface area contributed by atoms with E-state index in [2.05, 4.69) is 23.8 Å². The Hall–Kier alpha value is -1.66. The average Bonchev–Trinajstić information content (AvgIpc) is 3.33. The summed E-state index contributed by atoms with van der Waals surface area (Å²) in [5, 5.41) is 8.73. The number of nitrogens with one attached hydrogen (secondary N) is 1. The second-order valence-electron chi connectivity index (χ2n) is 9.24. The lowest BCUT2D eigenvalue weighted by Gasteiger charge is -2.31. The maximum Gasteiger partial charge on any atom is 0.303 e. The maximum absolute atomic E-state index is 13.1. The monoisotopic (exact) mass is 447 g/mol. The lowest BCUT2D eigenvalue weighted by Crippen LogP contribution is -2.43. The van der Waals surface area contributed by atoms with Gasteiger partial charge in [-0.3, -0.25) is 4.79 Å². The Labute approximate surface area is 187 Å². The van der Waals surface area contributed by atoms with Gasteiger partial charge in [-0.1, -0.05) is 44.1 Å². The van der Waals surface area contributed by atoms with Crippen LogP contribution in [0.25, 0.3) is 0 Å². The standard InChI is InChI=1S/C25H37NO4S/c1-2-3-6-9-19-12-16-22(17-13-19)31(29,30)26-25-21-15-14-20(18-21)23(25)10-7-4-5-8-11-24(27)28/h4,7,12-13,16-17,20-21,23,25-26H,2-3,5-6,8-11,14-15,18H2,1H3,(H,27,28)/b7-4-/t20-,21?,23+,25+/m1/s1. The molecule has 5 nitrogen and oxygen atoms in total. The quantitative estimate of drug-likeness (QED) is 0.317. The van der Waals surface area contributed by atoms with Gasteiger partial charge in [0.25, 0.3) is 0 Å². The van der Waals surface area contributed by atoms with Crippen molar-refractivity contribution in [2.75, 3.05) is 0 Å². The number of carbonyl (C=O) groups is 1. The number of hydrogen-bond donors (Lipinski definition) is 2. The molecule has 0 heterocycles. The number of carboxylic acids is 1. The first-order valence-corrected chi connectivity index (χ1v) is 13.4. The summed E-state index contributed by atoms with van der Waals surface area (Å²) in [4.78, 5) is 11.0. The van der Waals surface area contributed by atoms with E-state index < -0.39 is 16.0 Å². The topological polar surface area (TPSA) is 83.5 Å². The molecule has 0 radical (unpaired) electrons. The van der Waals surface area contributed by atoms with E-state index in [-0.39, 0.29) is 12.5 Å². The molecule has 31 heavy (non-hydrogen) atoms. The molecule has 2 aliphatic rings. The normalized spacial score (nSPS) is 25.5. The molecule has 0 spiro atoms. The zero-order chi connectivity index (χ0) is 22.3. The number of benzene rings is 1. The number of fused-ring (bicyclic) bond motifs is 2. The number of hydrogen-bond acceptors (Lipinski definition) is 3. The van der Waals surface area contributed by atoms with Crippen molar-refractivity contribution in [2.24, 2.45) is 17.8 Å². The molecule has 4 atom stereocenters.